The lowest BCUT2D eigenvalue weighted by Crippen LogP contribution is -2.39. The number of nitrogens with one attached hydrogen (secondary N) is 1. The van der Waals surface area contributed by atoms with E-state index >= 15 is 0 Å². The second kappa shape index (κ2) is 5.75. The van der Waals surface area contributed by atoms with E-state index in [-0.39, 0.29) is 11.8 Å². The summed E-state index contributed by atoms with van der Waals surface area (Å²) in [4.78, 5) is 18.7. The highest BCUT2D eigenvalue weighted by molar-refractivity contribution is 5.97. The van der Waals surface area contributed by atoms with E-state index in [1.165, 1.54) is 6.39 Å². The van der Waals surface area contributed by atoms with Crippen LogP contribution in [0.1, 0.15) is 34.9 Å². The minimum atomic E-state index is -0.130. The fourth-order valence-electron chi connectivity index (χ4n) is 3.04. The molecule has 1 aliphatic rings. The normalized spacial score (nSPS) is 18.3. The standard InChI is InChI=1S/C16H16N4O3/c21-16(14-15(23-10-17-14)13-4-2-8-22-13)20-7-1-3-11(9-20)12-5-6-18-19-12/h2,4-6,8,10-11H,1,3,7,9H2,(H,18,19). The Balaban J connectivity index is 1.56. The van der Waals surface area contributed by atoms with Crippen molar-refractivity contribution in [3.05, 3.63) is 48.4 Å². The Hall–Kier alpha value is -2.83. The minimum Gasteiger partial charge on any atom is -0.461 e. The monoisotopic (exact) mass is 312 g/mol. The molecule has 0 radical (unpaired) electrons. The van der Waals surface area contributed by atoms with Crippen molar-refractivity contribution in [2.45, 2.75) is 18.8 Å². The molecular formula is C16H16N4O3. The van der Waals surface area contributed by atoms with Crippen LogP contribution in [0.2, 0.25) is 0 Å². The molecule has 4 rings (SSSR count). The molecular weight excluding hydrogens is 296 g/mol. The molecule has 4 heterocycles. The van der Waals surface area contributed by atoms with Crippen LogP contribution in [0.5, 0.6) is 0 Å². The molecule has 23 heavy (non-hydrogen) atoms. The summed E-state index contributed by atoms with van der Waals surface area (Å²) in [7, 11) is 0. The molecule has 1 fully saturated rings. The lowest BCUT2D eigenvalue weighted by atomic mass is 9.94. The average molecular weight is 312 g/mol. The molecule has 118 valence electrons. The summed E-state index contributed by atoms with van der Waals surface area (Å²) >= 11 is 0. The molecule has 7 heteroatoms. The summed E-state index contributed by atoms with van der Waals surface area (Å²) in [5, 5.41) is 6.99. The number of likely N-dealkylation sites (tertiary alicyclic amines) is 1. The number of nitrogens with zero attached hydrogens (tertiary/aromatic N) is 3. The van der Waals surface area contributed by atoms with Crippen molar-refractivity contribution >= 4 is 5.91 Å². The molecule has 3 aromatic heterocycles. The third kappa shape index (κ3) is 2.54. The molecule has 1 atom stereocenters. The van der Waals surface area contributed by atoms with Crippen LogP contribution in [-0.2, 0) is 0 Å². The van der Waals surface area contributed by atoms with Gasteiger partial charge < -0.3 is 13.7 Å². The van der Waals surface area contributed by atoms with Gasteiger partial charge in [0.05, 0.1) is 6.26 Å². The maximum absolute atomic E-state index is 12.8. The van der Waals surface area contributed by atoms with Crippen LogP contribution >= 0.6 is 0 Å². The van der Waals surface area contributed by atoms with E-state index in [9.17, 15) is 4.79 Å². The van der Waals surface area contributed by atoms with Gasteiger partial charge in [0, 0.05) is 30.9 Å². The van der Waals surface area contributed by atoms with Gasteiger partial charge in [0.2, 0.25) is 5.76 Å². The maximum Gasteiger partial charge on any atom is 0.276 e. The van der Waals surface area contributed by atoms with Gasteiger partial charge >= 0.3 is 0 Å². The molecule has 0 aromatic carbocycles. The van der Waals surface area contributed by atoms with Gasteiger partial charge in [-0.2, -0.15) is 5.10 Å². The van der Waals surface area contributed by atoms with Crippen molar-refractivity contribution in [2.24, 2.45) is 0 Å². The number of carbonyl (C=O) groups excluding carboxylic acids is 1. The minimum absolute atomic E-state index is 0.130. The number of furan rings is 1. The van der Waals surface area contributed by atoms with Crippen molar-refractivity contribution in [3.63, 3.8) is 0 Å². The highest BCUT2D eigenvalue weighted by Gasteiger charge is 2.30. The van der Waals surface area contributed by atoms with Gasteiger partial charge in [-0.15, -0.1) is 0 Å². The molecule has 1 unspecified atom stereocenters. The molecule has 0 saturated carbocycles. The second-order valence-corrected chi connectivity index (χ2v) is 5.61. The van der Waals surface area contributed by atoms with Crippen molar-refractivity contribution < 1.29 is 13.6 Å². The summed E-state index contributed by atoms with van der Waals surface area (Å²) in [5.74, 6) is 1.03. The van der Waals surface area contributed by atoms with Gasteiger partial charge in [-0.3, -0.25) is 9.89 Å². The van der Waals surface area contributed by atoms with Crippen LogP contribution in [-0.4, -0.2) is 39.1 Å². The summed E-state index contributed by atoms with van der Waals surface area (Å²) in [5.41, 5.74) is 1.36. The molecule has 3 aromatic rings. The molecule has 1 saturated heterocycles. The van der Waals surface area contributed by atoms with Crippen LogP contribution < -0.4 is 0 Å². The second-order valence-electron chi connectivity index (χ2n) is 5.61. The Kier molecular flexibility index (Phi) is 3.45. The number of oxazole rings is 1. The summed E-state index contributed by atoms with van der Waals surface area (Å²) < 4.78 is 10.7. The predicted molar refractivity (Wildman–Crippen MR) is 80.7 cm³/mol. The SMILES string of the molecule is O=C(c1ncoc1-c1ccco1)N1CCCC(c2ccn[nH]2)C1. The number of H-pyrrole nitrogens is 1. The Labute approximate surface area is 132 Å². The highest BCUT2D eigenvalue weighted by Crippen LogP contribution is 2.29. The first kappa shape index (κ1) is 13.8. The summed E-state index contributed by atoms with van der Waals surface area (Å²) in [6.45, 7) is 1.36. The third-order valence-corrected chi connectivity index (χ3v) is 4.19. The number of aromatic amines is 1. The van der Waals surface area contributed by atoms with Gasteiger partial charge in [-0.05, 0) is 31.0 Å². The Bertz CT molecular complexity index is 776. The van der Waals surface area contributed by atoms with Crippen molar-refractivity contribution in [1.29, 1.82) is 0 Å². The van der Waals surface area contributed by atoms with Gasteiger partial charge in [0.1, 0.15) is 0 Å². The van der Waals surface area contributed by atoms with Crippen molar-refractivity contribution in [3.8, 4) is 11.5 Å². The van der Waals surface area contributed by atoms with E-state index in [0.717, 1.165) is 18.5 Å². The van der Waals surface area contributed by atoms with E-state index < -0.39 is 0 Å². The lowest BCUT2D eigenvalue weighted by Gasteiger charge is -2.31. The first-order valence-corrected chi connectivity index (χ1v) is 7.59. The van der Waals surface area contributed by atoms with Crippen LogP contribution in [0.15, 0.2) is 45.9 Å². The van der Waals surface area contributed by atoms with Crippen molar-refractivity contribution in [1.82, 2.24) is 20.1 Å². The number of piperidine rings is 1. The first-order chi connectivity index (χ1) is 11.3. The van der Waals surface area contributed by atoms with E-state index in [4.69, 9.17) is 8.83 Å². The number of hydrogen-bond donors (Lipinski definition) is 1. The average Bonchev–Trinajstić information content (AvgIpc) is 3.35. The lowest BCUT2D eigenvalue weighted by molar-refractivity contribution is 0.0700. The fraction of sp³-hybridized carbons (Fsp3) is 0.312. The van der Waals surface area contributed by atoms with E-state index in [1.807, 2.05) is 11.0 Å². The van der Waals surface area contributed by atoms with E-state index in [2.05, 4.69) is 15.2 Å². The largest absolute Gasteiger partial charge is 0.461 e. The number of hydrogen-bond acceptors (Lipinski definition) is 5. The van der Waals surface area contributed by atoms with Gasteiger partial charge in [0.15, 0.2) is 17.8 Å². The molecule has 0 bridgehead atoms. The van der Waals surface area contributed by atoms with Crippen LogP contribution in [0, 0.1) is 0 Å². The number of carbonyl (C=O) groups is 1. The van der Waals surface area contributed by atoms with Gasteiger partial charge in [-0.25, -0.2) is 4.98 Å². The number of amides is 1. The first-order valence-electron chi connectivity index (χ1n) is 7.59. The smallest absolute Gasteiger partial charge is 0.276 e. The fourth-order valence-corrected chi connectivity index (χ4v) is 3.04. The molecule has 1 amide bonds. The molecule has 0 aliphatic carbocycles. The Morgan fingerprint density at radius 2 is 2.30 bits per heavy atom. The van der Waals surface area contributed by atoms with Crippen LogP contribution in [0.25, 0.3) is 11.5 Å². The third-order valence-electron chi connectivity index (χ3n) is 4.19. The van der Waals surface area contributed by atoms with Crippen LogP contribution in [0.4, 0.5) is 0 Å². The van der Waals surface area contributed by atoms with Crippen LogP contribution in [0.3, 0.4) is 0 Å². The zero-order chi connectivity index (χ0) is 15.6. The van der Waals surface area contributed by atoms with E-state index in [0.29, 0.717) is 30.3 Å². The molecule has 7 nitrogen and oxygen atoms in total. The Morgan fingerprint density at radius 3 is 3.09 bits per heavy atom. The van der Waals surface area contributed by atoms with Crippen molar-refractivity contribution in [2.75, 3.05) is 13.1 Å². The highest BCUT2D eigenvalue weighted by atomic mass is 16.4. The number of aromatic nitrogens is 3. The quantitative estimate of drug-likeness (QED) is 0.803. The van der Waals surface area contributed by atoms with Gasteiger partial charge in [0.25, 0.3) is 5.91 Å². The molecule has 0 spiro atoms. The Morgan fingerprint density at radius 1 is 1.35 bits per heavy atom. The zero-order valence-electron chi connectivity index (χ0n) is 12.4. The molecule has 1 N–H and O–H groups in total. The summed E-state index contributed by atoms with van der Waals surface area (Å²) in [6, 6.07) is 5.46. The van der Waals surface area contributed by atoms with E-state index in [1.54, 1.807) is 24.6 Å². The zero-order valence-corrected chi connectivity index (χ0v) is 12.4. The predicted octanol–water partition coefficient (Wildman–Crippen LogP) is 2.68. The maximum atomic E-state index is 12.8. The van der Waals surface area contributed by atoms with Gasteiger partial charge in [-0.1, -0.05) is 0 Å². The number of rotatable bonds is 3. The summed E-state index contributed by atoms with van der Waals surface area (Å²) in [6.07, 6.45) is 6.55. The topological polar surface area (TPSA) is 88.2 Å². The molecule has 1 aliphatic heterocycles.